The third kappa shape index (κ3) is 37.0. The van der Waals surface area contributed by atoms with Crippen molar-refractivity contribution < 1.29 is 47.2 Å². The van der Waals surface area contributed by atoms with Gasteiger partial charge in [0.05, 0.1) is 30.5 Å². The second-order valence-electron chi connectivity index (χ2n) is 23.7. The second kappa shape index (κ2) is 52.2. The molecule has 5 aliphatic rings. The van der Waals surface area contributed by atoms with E-state index in [1.165, 1.54) is 64.2 Å². The van der Waals surface area contributed by atoms with Crippen molar-refractivity contribution >= 4 is 63.1 Å². The van der Waals surface area contributed by atoms with Gasteiger partial charge in [0.1, 0.15) is 0 Å². The molecule has 5 fully saturated rings. The summed E-state index contributed by atoms with van der Waals surface area (Å²) in [5.41, 5.74) is 5.42. The molecule has 0 unspecified atom stereocenters. The Kier molecular flexibility index (Phi) is 48.4. The van der Waals surface area contributed by atoms with Gasteiger partial charge in [0, 0.05) is 115 Å². The minimum Gasteiger partial charge on any atom is -0.379 e. The van der Waals surface area contributed by atoms with E-state index in [1.807, 2.05) is 121 Å². The lowest BCUT2D eigenvalue weighted by Crippen LogP contribution is -2.20. The molecule has 0 heterocycles. The number of thiol groups is 5. The Morgan fingerprint density at radius 1 is 0.232 bits per heavy atom. The Morgan fingerprint density at radius 3 is 0.474 bits per heavy atom. The molecule has 520 valence electrons. The predicted octanol–water partition coefficient (Wildman–Crippen LogP) is 20.4. The molecule has 5 saturated carbocycles. The molecule has 0 aliphatic heterocycles. The highest BCUT2D eigenvalue weighted by molar-refractivity contribution is 7.81. The van der Waals surface area contributed by atoms with Crippen LogP contribution in [0.3, 0.4) is 0 Å². The van der Waals surface area contributed by atoms with Gasteiger partial charge in [-0.1, -0.05) is 59.2 Å². The van der Waals surface area contributed by atoms with Crippen LogP contribution in [0.4, 0.5) is 23.5 Å². The quantitative estimate of drug-likeness (QED) is 0.0548. The van der Waals surface area contributed by atoms with Crippen LogP contribution in [0.1, 0.15) is 191 Å². The minimum absolute atomic E-state index is 0. The summed E-state index contributed by atoms with van der Waals surface area (Å²) in [6.07, 6.45) is 25.6. The zero-order valence-electron chi connectivity index (χ0n) is 56.3. The standard InChI is InChI=1S/5C16H20OS.5FH/c5*1-2-17-15-9-5-13(6-10-15)3-4-14-7-11-16(18)12-8-14;;;;;/h5*7-8,11-13,15,18H,2,5-6,9-10H2,1H3;5*1H. The molecule has 5 aliphatic carbocycles. The third-order valence-electron chi connectivity index (χ3n) is 16.8. The molecule has 10 rings (SSSR count). The van der Waals surface area contributed by atoms with Gasteiger partial charge in [-0.15, -0.1) is 63.1 Å². The van der Waals surface area contributed by atoms with Crippen molar-refractivity contribution in [3.05, 3.63) is 149 Å². The molecule has 0 spiro atoms. The first-order valence-electron chi connectivity index (χ1n) is 33.5. The largest absolute Gasteiger partial charge is 0.379 e. The Labute approximate surface area is 595 Å². The van der Waals surface area contributed by atoms with Crippen LogP contribution < -0.4 is 0 Å². The maximum absolute atomic E-state index is 5.65. The van der Waals surface area contributed by atoms with E-state index in [9.17, 15) is 0 Å². The SMILES string of the molecule is CCOC1CCC(C#Cc2ccc(S)cc2)CC1.CCOC1CCC(C#Cc2ccc(S)cc2)CC1.CCOC1CCC(C#Cc2ccc(S)cc2)CC1.CCOC1CCC(C#Cc2ccc(S)cc2)CC1.CCOC1CCC(C#Cc2ccc(S)cc2)CC1.F.F.F.F.F. The molecule has 0 bridgehead atoms. The van der Waals surface area contributed by atoms with Crippen LogP contribution in [-0.2, 0) is 23.7 Å². The van der Waals surface area contributed by atoms with E-state index >= 15 is 0 Å². The van der Waals surface area contributed by atoms with Gasteiger partial charge in [-0.3, -0.25) is 23.5 Å². The van der Waals surface area contributed by atoms with E-state index in [-0.39, 0.29) is 23.5 Å². The molecular formula is C80H105F5O5S5. The lowest BCUT2D eigenvalue weighted by molar-refractivity contribution is 0.0309. The fourth-order valence-electron chi connectivity index (χ4n) is 11.7. The Bertz CT molecular complexity index is 2620. The van der Waals surface area contributed by atoms with Crippen LogP contribution in [0.15, 0.2) is 146 Å². The Morgan fingerprint density at radius 2 is 0.358 bits per heavy atom. The normalized spacial score (nSPS) is 22.0. The lowest BCUT2D eigenvalue weighted by atomic mass is 9.87. The topological polar surface area (TPSA) is 46.2 Å². The summed E-state index contributed by atoms with van der Waals surface area (Å²) in [6, 6.07) is 40.1. The van der Waals surface area contributed by atoms with Crippen molar-refractivity contribution in [2.45, 2.75) is 218 Å². The van der Waals surface area contributed by atoms with E-state index < -0.39 is 0 Å². The van der Waals surface area contributed by atoms with Gasteiger partial charge in [-0.2, -0.15) is 0 Å². The molecular weight excluding hydrogens is 1300 g/mol. The van der Waals surface area contributed by atoms with Gasteiger partial charge >= 0.3 is 0 Å². The van der Waals surface area contributed by atoms with Crippen LogP contribution >= 0.6 is 63.1 Å². The molecule has 5 aromatic rings. The van der Waals surface area contributed by atoms with Crippen LogP contribution in [0.25, 0.3) is 0 Å². The predicted molar refractivity (Wildman–Crippen MR) is 402 cm³/mol. The molecule has 5 aromatic carbocycles. The summed E-state index contributed by atoms with van der Waals surface area (Å²) in [5.74, 6) is 36.0. The number of hydrogen-bond acceptors (Lipinski definition) is 10. The smallest absolute Gasteiger partial charge is 0.0575 e. The van der Waals surface area contributed by atoms with Gasteiger partial charge in [-0.05, 0) is 284 Å². The zero-order valence-corrected chi connectivity index (χ0v) is 60.8. The average molecular weight is 1400 g/mol. The summed E-state index contributed by atoms with van der Waals surface area (Å²) in [6.45, 7) is 14.5. The van der Waals surface area contributed by atoms with Crippen LogP contribution in [0.2, 0.25) is 0 Å². The maximum atomic E-state index is 5.65. The summed E-state index contributed by atoms with van der Waals surface area (Å²) in [5, 5.41) is 0. The zero-order chi connectivity index (χ0) is 64.0. The monoisotopic (exact) mass is 1400 g/mol. The fraction of sp³-hybridized carbons (Fsp3) is 0.500. The highest BCUT2D eigenvalue weighted by atomic mass is 32.1. The van der Waals surface area contributed by atoms with Crippen molar-refractivity contribution in [3.8, 4) is 59.2 Å². The summed E-state index contributed by atoms with van der Waals surface area (Å²) >= 11 is 21.3. The molecule has 0 N–H and O–H groups in total. The van der Waals surface area contributed by atoms with E-state index in [0.717, 1.165) is 150 Å². The van der Waals surface area contributed by atoms with E-state index in [0.29, 0.717) is 60.1 Å². The molecule has 0 saturated heterocycles. The summed E-state index contributed by atoms with van der Waals surface area (Å²) in [4.78, 5) is 4.92. The number of ether oxygens (including phenoxy) is 5. The van der Waals surface area contributed by atoms with Crippen molar-refractivity contribution in [1.29, 1.82) is 0 Å². The molecule has 0 amide bonds. The average Bonchev–Trinajstić information content (AvgIpc) is 3.77. The van der Waals surface area contributed by atoms with Crippen LogP contribution in [0.5, 0.6) is 0 Å². The van der Waals surface area contributed by atoms with Crippen molar-refractivity contribution in [2.75, 3.05) is 33.0 Å². The third-order valence-corrected chi connectivity index (χ3v) is 18.3. The van der Waals surface area contributed by atoms with E-state index in [2.05, 4.69) is 157 Å². The van der Waals surface area contributed by atoms with Gasteiger partial charge in [-0.25, -0.2) is 0 Å². The van der Waals surface area contributed by atoms with Gasteiger partial charge < -0.3 is 23.7 Å². The van der Waals surface area contributed by atoms with Crippen molar-refractivity contribution in [1.82, 2.24) is 0 Å². The molecule has 15 heteroatoms. The number of hydrogen-bond donors (Lipinski definition) is 5. The minimum atomic E-state index is 0. The van der Waals surface area contributed by atoms with Gasteiger partial charge in [0.25, 0.3) is 0 Å². The second-order valence-corrected chi connectivity index (χ2v) is 26.3. The first-order valence-corrected chi connectivity index (χ1v) is 35.7. The van der Waals surface area contributed by atoms with Crippen LogP contribution in [0, 0.1) is 88.8 Å². The number of halogens is 5. The maximum Gasteiger partial charge on any atom is 0.0575 e. The number of rotatable bonds is 10. The van der Waals surface area contributed by atoms with E-state index in [1.54, 1.807) is 0 Å². The molecule has 5 nitrogen and oxygen atoms in total. The Hall–Kier alpha value is -4.90. The highest BCUT2D eigenvalue weighted by Crippen LogP contribution is 2.30. The number of benzene rings is 5. The summed E-state index contributed by atoms with van der Waals surface area (Å²) < 4.78 is 28.3. The Balaban J connectivity index is 0.000000586. The summed E-state index contributed by atoms with van der Waals surface area (Å²) in [7, 11) is 0. The van der Waals surface area contributed by atoms with Crippen LogP contribution in [-0.4, -0.2) is 63.6 Å². The highest BCUT2D eigenvalue weighted by Gasteiger charge is 2.23. The molecule has 0 aromatic heterocycles. The van der Waals surface area contributed by atoms with Gasteiger partial charge in [0.2, 0.25) is 0 Å². The molecule has 0 radical (unpaired) electrons. The van der Waals surface area contributed by atoms with Gasteiger partial charge in [0.15, 0.2) is 0 Å². The fourth-order valence-corrected chi connectivity index (χ4v) is 12.4. The first-order chi connectivity index (χ1) is 43.9. The lowest BCUT2D eigenvalue weighted by Gasteiger charge is -2.25. The van der Waals surface area contributed by atoms with Crippen molar-refractivity contribution in [2.24, 2.45) is 29.6 Å². The first kappa shape index (κ1) is 88.1. The molecule has 95 heavy (non-hydrogen) atoms. The van der Waals surface area contributed by atoms with Crippen molar-refractivity contribution in [3.63, 3.8) is 0 Å². The molecule has 0 atom stereocenters. The van der Waals surface area contributed by atoms with E-state index in [4.69, 9.17) is 23.7 Å².